The second kappa shape index (κ2) is 5.79. The molecular weight excluding hydrogens is 248 g/mol. The Balaban J connectivity index is 2.10. The number of carbonyl (C=O) groups is 1. The highest BCUT2D eigenvalue weighted by molar-refractivity contribution is 6.00. The highest BCUT2D eigenvalue weighted by Gasteiger charge is 2.21. The van der Waals surface area contributed by atoms with Gasteiger partial charge in [-0.05, 0) is 13.0 Å². The second-order valence-electron chi connectivity index (χ2n) is 4.22. The number of hydrogen-bond acceptors (Lipinski definition) is 5. The quantitative estimate of drug-likeness (QED) is 0.638. The number of benzene rings is 1. The number of nitrogen functional groups attached to an aromatic ring is 1. The van der Waals surface area contributed by atoms with Gasteiger partial charge >= 0.3 is 0 Å². The minimum Gasteiger partial charge on any atom is -0.454 e. The summed E-state index contributed by atoms with van der Waals surface area (Å²) < 4.78 is 15.7. The lowest BCUT2D eigenvalue weighted by Gasteiger charge is -2.18. The van der Waals surface area contributed by atoms with Crippen molar-refractivity contribution in [3.8, 4) is 11.5 Å². The first-order valence-electron chi connectivity index (χ1n) is 6.15. The van der Waals surface area contributed by atoms with Gasteiger partial charge in [0, 0.05) is 32.0 Å². The number of carbonyl (C=O) groups excluding carboxylic acids is 1. The van der Waals surface area contributed by atoms with Crippen molar-refractivity contribution in [3.05, 3.63) is 17.7 Å². The van der Waals surface area contributed by atoms with Crippen LogP contribution >= 0.6 is 0 Å². The Morgan fingerprint density at radius 1 is 1.42 bits per heavy atom. The van der Waals surface area contributed by atoms with E-state index >= 15 is 0 Å². The third-order valence-electron chi connectivity index (χ3n) is 2.90. The first-order chi connectivity index (χ1) is 9.13. The zero-order chi connectivity index (χ0) is 13.8. The van der Waals surface area contributed by atoms with Crippen LogP contribution in [0.2, 0.25) is 0 Å². The van der Waals surface area contributed by atoms with Gasteiger partial charge in [-0.2, -0.15) is 0 Å². The minimum absolute atomic E-state index is 0.157. The van der Waals surface area contributed by atoms with Crippen LogP contribution in [0.25, 0.3) is 0 Å². The van der Waals surface area contributed by atoms with Gasteiger partial charge in [-0.25, -0.2) is 0 Å². The normalized spacial score (nSPS) is 12.5. The predicted octanol–water partition coefficient (Wildman–Crippen LogP) is 1.11. The summed E-state index contributed by atoms with van der Waals surface area (Å²) in [6.07, 6.45) is 0. The van der Waals surface area contributed by atoms with Crippen LogP contribution < -0.4 is 15.2 Å². The lowest BCUT2D eigenvalue weighted by molar-refractivity contribution is 0.0710. The maximum atomic E-state index is 12.3. The Hall–Kier alpha value is -1.95. The van der Waals surface area contributed by atoms with E-state index in [4.69, 9.17) is 19.9 Å². The lowest BCUT2D eigenvalue weighted by atomic mass is 10.1. The number of hydrogen-bond donors (Lipinski definition) is 1. The highest BCUT2D eigenvalue weighted by atomic mass is 16.7. The zero-order valence-corrected chi connectivity index (χ0v) is 11.1. The van der Waals surface area contributed by atoms with Gasteiger partial charge in [0.25, 0.3) is 5.91 Å². The Morgan fingerprint density at radius 2 is 2.11 bits per heavy atom. The van der Waals surface area contributed by atoms with Gasteiger partial charge in [0.2, 0.25) is 6.79 Å². The predicted molar refractivity (Wildman–Crippen MR) is 70.4 cm³/mol. The molecule has 0 spiro atoms. The van der Waals surface area contributed by atoms with Crippen LogP contribution in [-0.2, 0) is 4.74 Å². The molecule has 1 aromatic carbocycles. The molecule has 0 radical (unpaired) electrons. The summed E-state index contributed by atoms with van der Waals surface area (Å²) in [4.78, 5) is 13.8. The molecule has 1 heterocycles. The molecule has 1 aromatic rings. The van der Waals surface area contributed by atoms with Crippen LogP contribution in [0.15, 0.2) is 12.1 Å². The molecule has 6 nitrogen and oxygen atoms in total. The van der Waals surface area contributed by atoms with E-state index in [2.05, 4.69) is 0 Å². The van der Waals surface area contributed by atoms with Gasteiger partial charge in [-0.3, -0.25) is 4.79 Å². The minimum atomic E-state index is -0.157. The van der Waals surface area contributed by atoms with Crippen molar-refractivity contribution >= 4 is 11.6 Å². The van der Waals surface area contributed by atoms with Crippen molar-refractivity contribution in [3.63, 3.8) is 0 Å². The van der Waals surface area contributed by atoms with E-state index < -0.39 is 0 Å². The van der Waals surface area contributed by atoms with Crippen molar-refractivity contribution in [2.45, 2.75) is 6.92 Å². The van der Waals surface area contributed by atoms with Crippen LogP contribution in [-0.4, -0.2) is 44.4 Å². The smallest absolute Gasteiger partial charge is 0.255 e. The summed E-state index contributed by atoms with van der Waals surface area (Å²) in [5, 5.41) is 0. The van der Waals surface area contributed by atoms with Crippen LogP contribution in [0.1, 0.15) is 17.3 Å². The maximum Gasteiger partial charge on any atom is 0.255 e. The first-order valence-corrected chi connectivity index (χ1v) is 6.15. The Kier molecular flexibility index (Phi) is 4.11. The number of anilines is 1. The van der Waals surface area contributed by atoms with Crippen LogP contribution in [0.4, 0.5) is 5.69 Å². The van der Waals surface area contributed by atoms with Gasteiger partial charge in [0.05, 0.1) is 12.2 Å². The highest BCUT2D eigenvalue weighted by Crippen LogP contribution is 2.36. The number of nitrogens with two attached hydrogens (primary N) is 1. The van der Waals surface area contributed by atoms with Gasteiger partial charge in [0.1, 0.15) is 0 Å². The molecule has 2 N–H and O–H groups in total. The van der Waals surface area contributed by atoms with Crippen LogP contribution in [0.3, 0.4) is 0 Å². The number of rotatable bonds is 5. The third kappa shape index (κ3) is 2.90. The fourth-order valence-corrected chi connectivity index (χ4v) is 1.80. The topological polar surface area (TPSA) is 74.0 Å². The summed E-state index contributed by atoms with van der Waals surface area (Å²) >= 11 is 0. The van der Waals surface area contributed by atoms with E-state index in [1.165, 1.54) is 0 Å². The SMILES string of the molecule is CCOCCN(C)C(=O)c1cc2c(cc1N)OCO2. The van der Waals surface area contributed by atoms with Crippen LogP contribution in [0.5, 0.6) is 11.5 Å². The van der Waals surface area contributed by atoms with E-state index in [0.717, 1.165) is 0 Å². The number of ether oxygens (including phenoxy) is 3. The number of likely N-dealkylation sites (N-methyl/N-ethyl adjacent to an activating group) is 1. The standard InChI is InChI=1S/C13H18N2O4/c1-3-17-5-4-15(2)13(16)9-6-11-12(7-10(9)14)19-8-18-11/h6-7H,3-5,8,14H2,1-2H3. The number of nitrogens with zero attached hydrogens (tertiary/aromatic N) is 1. The molecule has 6 heteroatoms. The molecule has 1 aliphatic rings. The van der Waals surface area contributed by atoms with Gasteiger partial charge in [-0.15, -0.1) is 0 Å². The van der Waals surface area contributed by atoms with Crippen molar-refractivity contribution in [2.75, 3.05) is 39.3 Å². The zero-order valence-electron chi connectivity index (χ0n) is 11.1. The largest absolute Gasteiger partial charge is 0.454 e. The van der Waals surface area contributed by atoms with E-state index in [9.17, 15) is 4.79 Å². The Bertz CT molecular complexity index is 476. The van der Waals surface area contributed by atoms with Crippen molar-refractivity contribution in [1.82, 2.24) is 4.90 Å². The van der Waals surface area contributed by atoms with E-state index in [1.807, 2.05) is 6.92 Å². The van der Waals surface area contributed by atoms with Crippen molar-refractivity contribution in [1.29, 1.82) is 0 Å². The monoisotopic (exact) mass is 266 g/mol. The van der Waals surface area contributed by atoms with Gasteiger partial charge in [-0.1, -0.05) is 0 Å². The van der Waals surface area contributed by atoms with Gasteiger partial charge < -0.3 is 24.8 Å². The molecule has 0 unspecified atom stereocenters. The second-order valence-corrected chi connectivity index (χ2v) is 4.22. The molecule has 0 atom stereocenters. The summed E-state index contributed by atoms with van der Waals surface area (Å²) in [5.41, 5.74) is 6.68. The number of amides is 1. The van der Waals surface area contributed by atoms with E-state index in [1.54, 1.807) is 24.1 Å². The average molecular weight is 266 g/mol. The van der Waals surface area contributed by atoms with Crippen molar-refractivity contribution in [2.24, 2.45) is 0 Å². The summed E-state index contributed by atoms with van der Waals surface area (Å²) in [7, 11) is 1.71. The molecule has 1 aliphatic heterocycles. The Morgan fingerprint density at radius 3 is 2.79 bits per heavy atom. The molecule has 0 aliphatic carbocycles. The molecule has 19 heavy (non-hydrogen) atoms. The summed E-state index contributed by atoms with van der Waals surface area (Å²) in [6.45, 7) is 3.72. The van der Waals surface area contributed by atoms with Crippen LogP contribution in [0, 0.1) is 0 Å². The number of fused-ring (bicyclic) bond motifs is 1. The molecule has 1 amide bonds. The summed E-state index contributed by atoms with van der Waals surface area (Å²) in [6, 6.07) is 3.24. The Labute approximate surface area is 112 Å². The third-order valence-corrected chi connectivity index (χ3v) is 2.90. The molecule has 0 saturated heterocycles. The van der Waals surface area contributed by atoms with Crippen molar-refractivity contribution < 1.29 is 19.0 Å². The molecule has 0 aromatic heterocycles. The lowest BCUT2D eigenvalue weighted by Crippen LogP contribution is -2.30. The average Bonchev–Trinajstić information content (AvgIpc) is 2.84. The molecule has 0 bridgehead atoms. The van der Waals surface area contributed by atoms with E-state index in [-0.39, 0.29) is 12.7 Å². The molecule has 2 rings (SSSR count). The maximum absolute atomic E-state index is 12.3. The first kappa shape index (κ1) is 13.5. The molecular formula is C13H18N2O4. The molecule has 0 fully saturated rings. The fraction of sp³-hybridized carbons (Fsp3) is 0.462. The summed E-state index contributed by atoms with van der Waals surface area (Å²) in [5.74, 6) is 0.970. The molecule has 0 saturated carbocycles. The van der Waals surface area contributed by atoms with E-state index in [0.29, 0.717) is 42.5 Å². The fourth-order valence-electron chi connectivity index (χ4n) is 1.80. The molecule has 104 valence electrons. The van der Waals surface area contributed by atoms with Gasteiger partial charge in [0.15, 0.2) is 11.5 Å².